The van der Waals surface area contributed by atoms with Crippen molar-refractivity contribution in [3.05, 3.63) is 84.0 Å². The van der Waals surface area contributed by atoms with Crippen molar-refractivity contribution in [3.63, 3.8) is 0 Å². The minimum atomic E-state index is -0.678. The van der Waals surface area contributed by atoms with Crippen molar-refractivity contribution in [2.45, 2.75) is 69.7 Å². The second kappa shape index (κ2) is 7.50. The van der Waals surface area contributed by atoms with Gasteiger partial charge in [0.05, 0.1) is 5.60 Å². The smallest absolute Gasteiger partial charge is 0.251 e. The molecule has 0 heterocycles. The molecule has 1 fully saturated rings. The molecule has 0 bridgehead atoms. The van der Waals surface area contributed by atoms with Crippen LogP contribution in [0, 0.1) is 0 Å². The second-order valence-electron chi connectivity index (χ2n) is 9.36. The molecule has 4 rings (SSSR count). The van der Waals surface area contributed by atoms with Crippen LogP contribution in [-0.4, -0.2) is 11.4 Å². The normalized spacial score (nSPS) is 19.6. The molecule has 0 N–H and O–H groups in total. The van der Waals surface area contributed by atoms with Gasteiger partial charge in [0.2, 0.25) is 0 Å². The summed E-state index contributed by atoms with van der Waals surface area (Å²) >= 11 is 0. The number of hydrogen-bond acceptors (Lipinski definition) is 2. The Balaban J connectivity index is 1.58. The van der Waals surface area contributed by atoms with Gasteiger partial charge < -0.3 is 9.47 Å². The molecule has 0 unspecified atom stereocenters. The molecule has 0 aliphatic heterocycles. The molecule has 0 atom stereocenters. The van der Waals surface area contributed by atoms with Gasteiger partial charge in [-0.25, -0.2) is 0 Å². The molecule has 2 aliphatic rings. The Labute approximate surface area is 175 Å². The zero-order valence-corrected chi connectivity index (χ0v) is 17.9. The fraction of sp³-hybridized carbons (Fsp3) is 0.407. The van der Waals surface area contributed by atoms with E-state index in [4.69, 9.17) is 9.47 Å². The molecule has 0 saturated heterocycles. The molecule has 0 radical (unpaired) electrons. The molecule has 2 heteroatoms. The summed E-state index contributed by atoms with van der Waals surface area (Å²) in [5.74, 6) is 0.166. The highest BCUT2D eigenvalue weighted by molar-refractivity contribution is 5.50. The van der Waals surface area contributed by atoms with E-state index < -0.39 is 5.79 Å². The Morgan fingerprint density at radius 1 is 0.828 bits per heavy atom. The van der Waals surface area contributed by atoms with Crippen LogP contribution < -0.4 is 4.74 Å². The maximum Gasteiger partial charge on any atom is 0.251 e. The Morgan fingerprint density at radius 2 is 1.38 bits per heavy atom. The number of rotatable bonds is 6. The van der Waals surface area contributed by atoms with E-state index in [1.54, 1.807) is 0 Å². The first kappa shape index (κ1) is 20.0. The van der Waals surface area contributed by atoms with Gasteiger partial charge in [-0.05, 0) is 74.6 Å². The zero-order valence-electron chi connectivity index (χ0n) is 17.9. The molecule has 2 aliphatic carbocycles. The summed E-state index contributed by atoms with van der Waals surface area (Å²) in [6, 6.07) is 17.6. The summed E-state index contributed by atoms with van der Waals surface area (Å²) in [5, 5.41) is 0. The highest BCUT2D eigenvalue weighted by Crippen LogP contribution is 2.45. The first-order valence-corrected chi connectivity index (χ1v) is 10.8. The average Bonchev–Trinajstić information content (AvgIpc) is 3.46. The summed E-state index contributed by atoms with van der Waals surface area (Å²) in [5.41, 5.74) is 3.80. The molecule has 29 heavy (non-hydrogen) atoms. The molecule has 2 aromatic rings. The Bertz CT molecular complexity index is 870. The lowest BCUT2D eigenvalue weighted by atomic mass is 9.65. The van der Waals surface area contributed by atoms with E-state index in [0.29, 0.717) is 0 Å². The van der Waals surface area contributed by atoms with E-state index in [2.05, 4.69) is 55.1 Å². The van der Waals surface area contributed by atoms with Crippen LogP contribution in [-0.2, 0) is 10.2 Å². The molecule has 152 valence electrons. The second-order valence-corrected chi connectivity index (χ2v) is 9.36. The first-order valence-electron chi connectivity index (χ1n) is 10.8. The van der Waals surface area contributed by atoms with Gasteiger partial charge in [-0.15, -0.1) is 0 Å². The number of hydrogen-bond donors (Lipinski definition) is 0. The van der Waals surface area contributed by atoms with Gasteiger partial charge in [0.25, 0.3) is 5.79 Å². The van der Waals surface area contributed by atoms with E-state index in [0.717, 1.165) is 5.75 Å². The van der Waals surface area contributed by atoms with E-state index in [-0.39, 0.29) is 11.0 Å². The van der Waals surface area contributed by atoms with Gasteiger partial charge in [0, 0.05) is 5.41 Å². The predicted octanol–water partition coefficient (Wildman–Crippen LogP) is 7.04. The molecule has 0 amide bonds. The third-order valence-electron chi connectivity index (χ3n) is 5.99. The highest BCUT2D eigenvalue weighted by Gasteiger charge is 2.42. The maximum absolute atomic E-state index is 6.16. The standard InChI is InChI=1S/C27H32O2/c1-5-21-9-11-22(12-10-21)26(17-7-6-8-18-26)23-13-15-24(16-14-23)28-27(19-20-27)29-25(2,3)4/h5,9-16,19-20H,1,6-8,17-18H2,2-4H3. The van der Waals surface area contributed by atoms with Crippen LogP contribution in [0.4, 0.5) is 0 Å². The van der Waals surface area contributed by atoms with Crippen LogP contribution in [0.1, 0.15) is 69.6 Å². The van der Waals surface area contributed by atoms with Crippen LogP contribution in [0.2, 0.25) is 0 Å². The highest BCUT2D eigenvalue weighted by atomic mass is 16.7. The monoisotopic (exact) mass is 388 g/mol. The summed E-state index contributed by atoms with van der Waals surface area (Å²) in [6.45, 7) is 10.0. The maximum atomic E-state index is 6.16. The van der Waals surface area contributed by atoms with E-state index in [9.17, 15) is 0 Å². The first-order chi connectivity index (χ1) is 13.8. The molecule has 2 nitrogen and oxygen atoms in total. The number of benzene rings is 2. The molecular formula is C27H32O2. The van der Waals surface area contributed by atoms with Crippen molar-refractivity contribution in [1.29, 1.82) is 0 Å². The SMILES string of the molecule is C=Cc1ccc(C2(c3ccc(OC4(OC(C)(C)C)C=C4)cc3)CCCCC2)cc1. The summed E-state index contributed by atoms with van der Waals surface area (Å²) in [7, 11) is 0. The van der Waals surface area contributed by atoms with Crippen molar-refractivity contribution in [2.75, 3.05) is 0 Å². The third kappa shape index (κ3) is 4.33. The lowest BCUT2D eigenvalue weighted by Gasteiger charge is -2.39. The van der Waals surface area contributed by atoms with Gasteiger partial charge in [0.15, 0.2) is 0 Å². The van der Waals surface area contributed by atoms with Crippen molar-refractivity contribution in [1.82, 2.24) is 0 Å². The van der Waals surface area contributed by atoms with Crippen LogP contribution >= 0.6 is 0 Å². The van der Waals surface area contributed by atoms with Crippen LogP contribution in [0.25, 0.3) is 6.08 Å². The van der Waals surface area contributed by atoms with Crippen LogP contribution in [0.15, 0.2) is 67.3 Å². The van der Waals surface area contributed by atoms with E-state index >= 15 is 0 Å². The third-order valence-corrected chi connectivity index (χ3v) is 5.99. The fourth-order valence-corrected chi connectivity index (χ4v) is 4.57. The Hall–Kier alpha value is -2.32. The van der Waals surface area contributed by atoms with Crippen LogP contribution in [0.3, 0.4) is 0 Å². The average molecular weight is 389 g/mol. The molecule has 1 saturated carbocycles. The van der Waals surface area contributed by atoms with Gasteiger partial charge in [0.1, 0.15) is 5.75 Å². The Morgan fingerprint density at radius 3 is 1.86 bits per heavy atom. The van der Waals surface area contributed by atoms with Gasteiger partial charge >= 0.3 is 0 Å². The van der Waals surface area contributed by atoms with Gasteiger partial charge in [-0.3, -0.25) is 0 Å². The van der Waals surface area contributed by atoms with Crippen molar-refractivity contribution < 1.29 is 9.47 Å². The summed E-state index contributed by atoms with van der Waals surface area (Å²) < 4.78 is 12.2. The minimum absolute atomic E-state index is 0.0912. The van der Waals surface area contributed by atoms with Crippen LogP contribution in [0.5, 0.6) is 5.75 Å². The lowest BCUT2D eigenvalue weighted by Crippen LogP contribution is -2.34. The molecule has 0 aromatic heterocycles. The Kier molecular flexibility index (Phi) is 5.16. The summed E-state index contributed by atoms with van der Waals surface area (Å²) in [6.07, 6.45) is 12.1. The largest absolute Gasteiger partial charge is 0.455 e. The fourth-order valence-electron chi connectivity index (χ4n) is 4.57. The minimum Gasteiger partial charge on any atom is -0.455 e. The molecular weight excluding hydrogens is 356 g/mol. The van der Waals surface area contributed by atoms with Gasteiger partial charge in [-0.2, -0.15) is 0 Å². The zero-order chi connectivity index (χ0) is 20.5. The van der Waals surface area contributed by atoms with Crippen molar-refractivity contribution >= 4 is 6.08 Å². The number of ether oxygens (including phenoxy) is 2. The lowest BCUT2D eigenvalue weighted by molar-refractivity contribution is -0.154. The topological polar surface area (TPSA) is 18.5 Å². The quantitative estimate of drug-likeness (QED) is 0.390. The van der Waals surface area contributed by atoms with Crippen molar-refractivity contribution in [2.24, 2.45) is 0 Å². The molecule has 0 spiro atoms. The van der Waals surface area contributed by atoms with Gasteiger partial charge in [-0.1, -0.05) is 68.3 Å². The van der Waals surface area contributed by atoms with Crippen molar-refractivity contribution in [3.8, 4) is 5.75 Å². The molecule has 2 aromatic carbocycles. The van der Waals surface area contributed by atoms with E-state index in [1.165, 1.54) is 48.8 Å². The van der Waals surface area contributed by atoms with E-state index in [1.807, 2.05) is 39.0 Å². The predicted molar refractivity (Wildman–Crippen MR) is 120 cm³/mol. The summed E-state index contributed by atoms with van der Waals surface area (Å²) in [4.78, 5) is 0.